The first-order chi connectivity index (χ1) is 13.5. The van der Waals surface area contributed by atoms with Crippen LogP contribution in [-0.2, 0) is 14.3 Å². The maximum Gasteiger partial charge on any atom is 0.258 e. The van der Waals surface area contributed by atoms with Gasteiger partial charge in [-0.25, -0.2) is 0 Å². The van der Waals surface area contributed by atoms with Gasteiger partial charge < -0.3 is 20.1 Å². The number of benzene rings is 1. The molecule has 2 saturated carbocycles. The zero-order valence-corrected chi connectivity index (χ0v) is 17.2. The molecule has 7 heteroatoms. The number of fused-ring (bicyclic) bond motifs is 1. The van der Waals surface area contributed by atoms with Gasteiger partial charge in [-0.1, -0.05) is 24.9 Å². The predicted octanol–water partition coefficient (Wildman–Crippen LogP) is 2.93. The molecule has 2 amide bonds. The van der Waals surface area contributed by atoms with E-state index in [4.69, 9.17) is 21.1 Å². The minimum Gasteiger partial charge on any atom is -0.484 e. The minimum atomic E-state index is -0.144. The molecular weight excluding hydrogens is 380 g/mol. The number of amides is 2. The lowest BCUT2D eigenvalue weighted by molar-refractivity contribution is -0.128. The molecule has 2 N–H and O–H groups in total. The van der Waals surface area contributed by atoms with Crippen molar-refractivity contribution in [1.29, 1.82) is 0 Å². The third-order valence-corrected chi connectivity index (χ3v) is 5.76. The van der Waals surface area contributed by atoms with Crippen LogP contribution in [0.4, 0.5) is 0 Å². The Morgan fingerprint density at radius 3 is 2.29 bits per heavy atom. The molecule has 0 heterocycles. The van der Waals surface area contributed by atoms with Crippen molar-refractivity contribution in [1.82, 2.24) is 10.6 Å². The summed E-state index contributed by atoms with van der Waals surface area (Å²) in [7, 11) is 0. The Hall–Kier alpha value is -1.79. The number of halogens is 1. The highest BCUT2D eigenvalue weighted by atomic mass is 35.5. The summed E-state index contributed by atoms with van der Waals surface area (Å²) in [4.78, 5) is 24.3. The average molecular weight is 409 g/mol. The second kappa shape index (κ2) is 9.61. The van der Waals surface area contributed by atoms with E-state index in [1.165, 1.54) is 0 Å². The molecule has 0 aliphatic heterocycles. The fraction of sp³-hybridized carbons (Fsp3) is 0.619. The van der Waals surface area contributed by atoms with Crippen molar-refractivity contribution in [2.24, 2.45) is 11.8 Å². The molecular formula is C21H29ClN2O4. The molecule has 0 spiro atoms. The topological polar surface area (TPSA) is 76.7 Å². The van der Waals surface area contributed by atoms with Gasteiger partial charge in [-0.3, -0.25) is 9.59 Å². The summed E-state index contributed by atoms with van der Waals surface area (Å²) < 4.78 is 11.1. The van der Waals surface area contributed by atoms with Gasteiger partial charge in [0.2, 0.25) is 5.91 Å². The van der Waals surface area contributed by atoms with E-state index in [0.29, 0.717) is 22.6 Å². The number of nitrogens with one attached hydrogen (secondary N) is 2. The molecule has 6 nitrogen and oxygen atoms in total. The summed E-state index contributed by atoms with van der Waals surface area (Å²) in [5.74, 6) is 1.30. The van der Waals surface area contributed by atoms with Gasteiger partial charge in [0.1, 0.15) is 12.4 Å². The van der Waals surface area contributed by atoms with Crippen LogP contribution in [0.25, 0.3) is 0 Å². The van der Waals surface area contributed by atoms with E-state index in [9.17, 15) is 9.59 Å². The number of carbonyl (C=O) groups excluding carboxylic acids is 2. The van der Waals surface area contributed by atoms with Crippen LogP contribution in [0.1, 0.15) is 39.5 Å². The highest BCUT2D eigenvalue weighted by Gasteiger charge is 2.55. The molecule has 2 fully saturated rings. The second-order valence-electron chi connectivity index (χ2n) is 7.80. The van der Waals surface area contributed by atoms with Gasteiger partial charge in [-0.2, -0.15) is 0 Å². The molecule has 28 heavy (non-hydrogen) atoms. The molecule has 2 aliphatic rings. The number of carbonyl (C=O) groups is 2. The molecule has 3 unspecified atom stereocenters. The van der Waals surface area contributed by atoms with Crippen LogP contribution < -0.4 is 15.4 Å². The number of hydrogen-bond donors (Lipinski definition) is 2. The summed E-state index contributed by atoms with van der Waals surface area (Å²) in [5, 5.41) is 6.75. The van der Waals surface area contributed by atoms with E-state index in [2.05, 4.69) is 17.6 Å². The van der Waals surface area contributed by atoms with E-state index in [-0.39, 0.29) is 43.2 Å². The van der Waals surface area contributed by atoms with Crippen molar-refractivity contribution in [3.63, 3.8) is 0 Å². The maximum atomic E-state index is 12.2. The predicted molar refractivity (Wildman–Crippen MR) is 107 cm³/mol. The monoisotopic (exact) mass is 408 g/mol. The molecule has 0 saturated heterocycles. The van der Waals surface area contributed by atoms with Crippen LogP contribution in [0.5, 0.6) is 5.75 Å². The number of ether oxygens (including phenoxy) is 2. The standard InChI is InChI=1S/C21H29ClN2O4/c1-3-4-13(2)27-11-20(25)23-18-10-19(17-9-16(17)18)24-21(26)12-28-15-7-5-14(22)6-8-15/h5-8,13,16-19H,3-4,9-12H2,1-2H3,(H,23,25)(H,24,26)/t13?,16?,17?,18-,19+/m1/s1. The Balaban J connectivity index is 1.37. The quantitative estimate of drug-likeness (QED) is 0.624. The van der Waals surface area contributed by atoms with Crippen molar-refractivity contribution in [2.75, 3.05) is 13.2 Å². The van der Waals surface area contributed by atoms with Crippen LogP contribution in [0.15, 0.2) is 24.3 Å². The van der Waals surface area contributed by atoms with E-state index in [1.807, 2.05) is 6.92 Å². The molecule has 0 radical (unpaired) electrons. The van der Waals surface area contributed by atoms with Gasteiger partial charge in [-0.05, 0) is 62.3 Å². The number of rotatable bonds is 10. The Kier molecular flexibility index (Phi) is 7.18. The second-order valence-corrected chi connectivity index (χ2v) is 8.24. The summed E-state index contributed by atoms with van der Waals surface area (Å²) in [5.41, 5.74) is 0. The molecule has 0 bridgehead atoms. The fourth-order valence-corrected chi connectivity index (χ4v) is 4.13. The Labute approximate surface area is 171 Å². The van der Waals surface area contributed by atoms with E-state index in [0.717, 1.165) is 25.7 Å². The highest BCUT2D eigenvalue weighted by molar-refractivity contribution is 6.30. The first kappa shape index (κ1) is 20.9. The normalized spacial score (nSPS) is 26.2. The van der Waals surface area contributed by atoms with Crippen LogP contribution in [0, 0.1) is 11.8 Å². The third kappa shape index (κ3) is 5.85. The van der Waals surface area contributed by atoms with Crippen molar-refractivity contribution < 1.29 is 19.1 Å². The van der Waals surface area contributed by atoms with Crippen molar-refractivity contribution in [3.8, 4) is 5.75 Å². The fourth-order valence-electron chi connectivity index (χ4n) is 4.00. The number of hydrogen-bond acceptors (Lipinski definition) is 4. The lowest BCUT2D eigenvalue weighted by Gasteiger charge is -2.19. The Morgan fingerprint density at radius 2 is 1.68 bits per heavy atom. The first-order valence-electron chi connectivity index (χ1n) is 10.0. The third-order valence-electron chi connectivity index (χ3n) is 5.50. The van der Waals surface area contributed by atoms with Crippen molar-refractivity contribution in [2.45, 2.75) is 57.7 Å². The van der Waals surface area contributed by atoms with E-state index in [1.54, 1.807) is 24.3 Å². The molecule has 5 atom stereocenters. The molecule has 1 aromatic rings. The lowest BCUT2D eigenvalue weighted by atomic mass is 10.1. The summed E-state index contributed by atoms with van der Waals surface area (Å²) in [6.45, 7) is 4.15. The van der Waals surface area contributed by atoms with Gasteiger partial charge >= 0.3 is 0 Å². The lowest BCUT2D eigenvalue weighted by Crippen LogP contribution is -2.42. The van der Waals surface area contributed by atoms with Crippen molar-refractivity contribution in [3.05, 3.63) is 29.3 Å². The summed E-state index contributed by atoms with van der Waals surface area (Å²) in [6.07, 6.45) is 3.89. The highest BCUT2D eigenvalue weighted by Crippen LogP contribution is 2.51. The van der Waals surface area contributed by atoms with E-state index < -0.39 is 0 Å². The van der Waals surface area contributed by atoms with Gasteiger partial charge in [-0.15, -0.1) is 0 Å². The summed E-state index contributed by atoms with van der Waals surface area (Å²) >= 11 is 5.83. The van der Waals surface area contributed by atoms with Gasteiger partial charge in [0.15, 0.2) is 6.61 Å². The largest absolute Gasteiger partial charge is 0.484 e. The van der Waals surface area contributed by atoms with E-state index >= 15 is 0 Å². The van der Waals surface area contributed by atoms with Gasteiger partial charge in [0.25, 0.3) is 5.91 Å². The molecule has 3 rings (SSSR count). The molecule has 1 aromatic carbocycles. The summed E-state index contributed by atoms with van der Waals surface area (Å²) in [6, 6.07) is 7.12. The van der Waals surface area contributed by atoms with Crippen LogP contribution in [0.3, 0.4) is 0 Å². The molecule has 2 aliphatic carbocycles. The van der Waals surface area contributed by atoms with Crippen molar-refractivity contribution >= 4 is 23.4 Å². The molecule has 154 valence electrons. The zero-order valence-electron chi connectivity index (χ0n) is 16.4. The van der Waals surface area contributed by atoms with Crippen LogP contribution >= 0.6 is 11.6 Å². The Bertz CT molecular complexity index is 681. The Morgan fingerprint density at radius 1 is 1.07 bits per heavy atom. The van der Waals surface area contributed by atoms with Crippen LogP contribution in [0.2, 0.25) is 5.02 Å². The average Bonchev–Trinajstić information content (AvgIpc) is 3.40. The van der Waals surface area contributed by atoms with Crippen LogP contribution in [-0.4, -0.2) is 43.2 Å². The van der Waals surface area contributed by atoms with Gasteiger partial charge in [0, 0.05) is 17.1 Å². The molecule has 0 aromatic heterocycles. The first-order valence-corrected chi connectivity index (χ1v) is 10.4. The SMILES string of the molecule is CCCC(C)OCC(=O)N[C@@H]1C[C@H](NC(=O)COc2ccc(Cl)cc2)C2CC21. The smallest absolute Gasteiger partial charge is 0.258 e. The maximum absolute atomic E-state index is 12.2. The zero-order chi connectivity index (χ0) is 20.1. The van der Waals surface area contributed by atoms with Gasteiger partial charge in [0.05, 0.1) is 6.10 Å². The minimum absolute atomic E-state index is 0.0320.